The number of ketones is 1. The molecule has 0 atom stereocenters. The number of nitrogen functional groups attached to an aromatic ring is 1. The minimum absolute atomic E-state index is 0.0544. The average molecular weight is 496 g/mol. The lowest BCUT2D eigenvalue weighted by molar-refractivity contribution is 0.0825. The lowest BCUT2D eigenvalue weighted by Gasteiger charge is -2.33. The van der Waals surface area contributed by atoms with Crippen LogP contribution in [0.25, 0.3) is 11.4 Å². The van der Waals surface area contributed by atoms with E-state index in [1.165, 1.54) is 17.2 Å². The predicted molar refractivity (Wildman–Crippen MR) is 136 cm³/mol. The zero-order chi connectivity index (χ0) is 26.0. The van der Waals surface area contributed by atoms with Crippen molar-refractivity contribution in [3.63, 3.8) is 0 Å². The van der Waals surface area contributed by atoms with E-state index in [1.54, 1.807) is 0 Å². The number of carbonyl (C=O) groups is 1. The quantitative estimate of drug-likeness (QED) is 0.457. The molecule has 1 saturated heterocycles. The van der Waals surface area contributed by atoms with E-state index >= 15 is 0 Å². The molecule has 1 aromatic carbocycles. The van der Waals surface area contributed by atoms with Gasteiger partial charge in [0.05, 0.1) is 13.1 Å². The third kappa shape index (κ3) is 5.47. The predicted octanol–water partition coefficient (Wildman–Crippen LogP) is 1.14. The Bertz CT molecular complexity index is 1350. The van der Waals surface area contributed by atoms with E-state index in [0.29, 0.717) is 51.0 Å². The van der Waals surface area contributed by atoms with E-state index in [4.69, 9.17) is 10.3 Å². The topological polar surface area (TPSA) is 132 Å². The van der Waals surface area contributed by atoms with Gasteiger partial charge in [0.2, 0.25) is 11.7 Å². The number of nitrogens with two attached hydrogens (primary N) is 1. The summed E-state index contributed by atoms with van der Waals surface area (Å²) >= 11 is 0. The summed E-state index contributed by atoms with van der Waals surface area (Å²) in [6, 6.07) is 7.95. The van der Waals surface area contributed by atoms with Crippen molar-refractivity contribution in [1.82, 2.24) is 29.1 Å². The van der Waals surface area contributed by atoms with Gasteiger partial charge in [0.15, 0.2) is 5.78 Å². The van der Waals surface area contributed by atoms with Crippen LogP contribution in [0.3, 0.4) is 0 Å². The van der Waals surface area contributed by atoms with Crippen LogP contribution in [0.4, 0.5) is 5.82 Å². The van der Waals surface area contributed by atoms with Gasteiger partial charge in [-0.2, -0.15) is 4.98 Å². The second-order valence-electron chi connectivity index (χ2n) is 9.76. The van der Waals surface area contributed by atoms with E-state index in [-0.39, 0.29) is 29.6 Å². The second kappa shape index (κ2) is 10.6. The molecule has 0 amide bonds. The van der Waals surface area contributed by atoms with Crippen LogP contribution < -0.4 is 17.0 Å². The lowest BCUT2D eigenvalue weighted by atomic mass is 10.1. The van der Waals surface area contributed by atoms with E-state index in [2.05, 4.69) is 15.0 Å². The maximum Gasteiger partial charge on any atom is 0.332 e. The summed E-state index contributed by atoms with van der Waals surface area (Å²) in [5, 5.41) is 4.09. The Kier molecular flexibility index (Phi) is 7.51. The van der Waals surface area contributed by atoms with Gasteiger partial charge >= 0.3 is 5.69 Å². The number of hydrogen-bond acceptors (Lipinski definition) is 9. The lowest BCUT2D eigenvalue weighted by Crippen LogP contribution is -2.49. The Labute approximate surface area is 209 Å². The highest BCUT2D eigenvalue weighted by Crippen LogP contribution is 2.17. The molecule has 2 N–H and O–H groups in total. The van der Waals surface area contributed by atoms with E-state index in [9.17, 15) is 14.4 Å². The number of carbonyl (C=O) groups excluding carboxylic acids is 1. The Balaban J connectivity index is 1.37. The monoisotopic (exact) mass is 495 g/mol. The minimum atomic E-state index is -0.651. The molecule has 0 aliphatic carbocycles. The number of rotatable bonds is 8. The molecular formula is C25H33N7O4. The van der Waals surface area contributed by atoms with Gasteiger partial charge in [-0.1, -0.05) is 48.8 Å². The van der Waals surface area contributed by atoms with Crippen LogP contribution in [0.2, 0.25) is 0 Å². The molecule has 1 fully saturated rings. The first kappa shape index (κ1) is 25.5. The Morgan fingerprint density at radius 1 is 1.08 bits per heavy atom. The maximum atomic E-state index is 13.1. The molecule has 0 spiro atoms. The van der Waals surface area contributed by atoms with E-state index in [1.807, 2.05) is 49.9 Å². The van der Waals surface area contributed by atoms with E-state index in [0.717, 1.165) is 10.1 Å². The summed E-state index contributed by atoms with van der Waals surface area (Å²) in [6.45, 7) is 9.50. The van der Waals surface area contributed by atoms with Crippen LogP contribution in [-0.4, -0.2) is 67.6 Å². The molecule has 2 aromatic heterocycles. The molecule has 11 nitrogen and oxygen atoms in total. The number of anilines is 1. The number of benzene rings is 1. The third-order valence-electron chi connectivity index (χ3n) is 6.38. The van der Waals surface area contributed by atoms with Crippen LogP contribution in [0.15, 0.2) is 38.4 Å². The van der Waals surface area contributed by atoms with E-state index < -0.39 is 11.2 Å². The summed E-state index contributed by atoms with van der Waals surface area (Å²) in [5.41, 5.74) is 6.94. The van der Waals surface area contributed by atoms with Gasteiger partial charge in [0, 0.05) is 45.3 Å². The van der Waals surface area contributed by atoms with Gasteiger partial charge in [-0.05, 0) is 12.8 Å². The van der Waals surface area contributed by atoms with Crippen molar-refractivity contribution in [1.29, 1.82) is 0 Å². The number of aromatic nitrogens is 4. The first-order valence-corrected chi connectivity index (χ1v) is 12.1. The molecule has 3 heterocycles. The van der Waals surface area contributed by atoms with Crippen LogP contribution in [0, 0.1) is 12.8 Å². The highest BCUT2D eigenvalue weighted by atomic mass is 16.5. The zero-order valence-electron chi connectivity index (χ0n) is 21.2. The molecule has 1 aliphatic rings. The standard InChI is InChI=1S/C25H33N7O4/c1-16(2)13-32-22(26)21(24(34)29(4)25(32)35)19(33)14-30-9-11-31(12-10-30)15-20-27-23(28-36-20)18-7-5-17(3)6-8-18/h5-8,16H,9-15,26H2,1-4H3. The fourth-order valence-electron chi connectivity index (χ4n) is 4.30. The van der Waals surface area contributed by atoms with Crippen molar-refractivity contribution in [2.75, 3.05) is 38.5 Å². The number of aryl methyl sites for hydroxylation is 1. The fourth-order valence-corrected chi connectivity index (χ4v) is 4.30. The van der Waals surface area contributed by atoms with Gasteiger partial charge in [-0.3, -0.25) is 28.5 Å². The van der Waals surface area contributed by atoms with Crippen LogP contribution in [0.5, 0.6) is 0 Å². The molecule has 0 saturated carbocycles. The van der Waals surface area contributed by atoms with Crippen molar-refractivity contribution in [2.45, 2.75) is 33.9 Å². The van der Waals surface area contributed by atoms with Gasteiger partial charge < -0.3 is 10.3 Å². The first-order chi connectivity index (χ1) is 17.1. The summed E-state index contributed by atoms with van der Waals surface area (Å²) in [7, 11) is 1.37. The zero-order valence-corrected chi connectivity index (χ0v) is 21.2. The molecule has 11 heteroatoms. The maximum absolute atomic E-state index is 13.1. The van der Waals surface area contributed by atoms with Crippen LogP contribution in [0.1, 0.15) is 35.7 Å². The molecule has 192 valence electrons. The van der Waals surface area contributed by atoms with Crippen LogP contribution in [-0.2, 0) is 20.1 Å². The number of nitrogens with zero attached hydrogens (tertiary/aromatic N) is 6. The summed E-state index contributed by atoms with van der Waals surface area (Å²) < 4.78 is 7.71. The molecule has 0 radical (unpaired) electrons. The Hall–Kier alpha value is -3.57. The van der Waals surface area contributed by atoms with Crippen molar-refractivity contribution in [2.24, 2.45) is 13.0 Å². The number of hydrogen-bond donors (Lipinski definition) is 1. The number of piperazine rings is 1. The molecule has 1 aliphatic heterocycles. The smallest absolute Gasteiger partial charge is 0.332 e. The van der Waals surface area contributed by atoms with Gasteiger partial charge in [-0.15, -0.1) is 0 Å². The molecule has 0 unspecified atom stereocenters. The second-order valence-corrected chi connectivity index (χ2v) is 9.76. The normalized spacial score (nSPS) is 15.0. The molecule has 4 rings (SSSR count). The minimum Gasteiger partial charge on any atom is -0.384 e. The average Bonchev–Trinajstić information content (AvgIpc) is 3.30. The summed E-state index contributed by atoms with van der Waals surface area (Å²) in [6.07, 6.45) is 0. The molecule has 0 bridgehead atoms. The van der Waals surface area contributed by atoms with Crippen molar-refractivity contribution >= 4 is 11.6 Å². The highest BCUT2D eigenvalue weighted by molar-refractivity contribution is 6.01. The first-order valence-electron chi connectivity index (χ1n) is 12.1. The Morgan fingerprint density at radius 2 is 1.72 bits per heavy atom. The number of Topliss-reactive ketones (excluding diaryl/α,β-unsaturated/α-hetero) is 1. The van der Waals surface area contributed by atoms with Gasteiger partial charge in [0.1, 0.15) is 11.4 Å². The van der Waals surface area contributed by atoms with Crippen molar-refractivity contribution < 1.29 is 9.32 Å². The van der Waals surface area contributed by atoms with Crippen molar-refractivity contribution in [3.8, 4) is 11.4 Å². The molecule has 36 heavy (non-hydrogen) atoms. The highest BCUT2D eigenvalue weighted by Gasteiger charge is 2.26. The van der Waals surface area contributed by atoms with Gasteiger partial charge in [0.25, 0.3) is 5.56 Å². The summed E-state index contributed by atoms with van der Waals surface area (Å²) in [5.74, 6) is 0.802. The third-order valence-corrected chi connectivity index (χ3v) is 6.38. The van der Waals surface area contributed by atoms with Gasteiger partial charge in [-0.25, -0.2) is 4.79 Å². The Morgan fingerprint density at radius 3 is 2.36 bits per heavy atom. The summed E-state index contributed by atoms with van der Waals surface area (Å²) in [4.78, 5) is 47.0. The largest absolute Gasteiger partial charge is 0.384 e. The SMILES string of the molecule is Cc1ccc(-c2noc(CN3CCN(CC(=O)c4c(N)n(CC(C)C)c(=O)n(C)c4=O)CC3)n2)cc1. The van der Waals surface area contributed by atoms with Crippen LogP contribution >= 0.6 is 0 Å². The van der Waals surface area contributed by atoms with Crippen molar-refractivity contribution in [3.05, 3.63) is 62.1 Å². The molecule has 3 aromatic rings. The molecular weight excluding hydrogens is 462 g/mol. The fraction of sp³-hybridized carbons (Fsp3) is 0.480.